The van der Waals surface area contributed by atoms with Gasteiger partial charge in [0, 0.05) is 50.5 Å². The Kier molecular flexibility index (Phi) is 12.1. The molecule has 1 spiro atoms. The van der Waals surface area contributed by atoms with E-state index >= 15 is 0 Å². The van der Waals surface area contributed by atoms with Crippen LogP contribution >= 0.6 is 8.38 Å². The highest BCUT2D eigenvalue weighted by Crippen LogP contribution is 2.55. The first-order valence-corrected chi connectivity index (χ1v) is 17.1. The molecular formula is C34H43F2N4O6P. The smallest absolute Gasteiger partial charge is 0.278 e. The number of nitrogens with one attached hydrogen (secondary N) is 1. The third kappa shape index (κ3) is 7.35. The summed E-state index contributed by atoms with van der Waals surface area (Å²) < 4.78 is 47.1. The zero-order valence-electron chi connectivity index (χ0n) is 27.7. The van der Waals surface area contributed by atoms with Gasteiger partial charge in [-0.2, -0.15) is 0 Å². The van der Waals surface area contributed by atoms with Gasteiger partial charge in [0.15, 0.2) is 19.8 Å². The lowest BCUT2D eigenvalue weighted by atomic mass is 10.0. The average molecular weight is 673 g/mol. The first kappa shape index (κ1) is 36.0. The molecule has 13 heteroatoms. The van der Waals surface area contributed by atoms with Crippen LogP contribution < -0.4 is 20.5 Å². The summed E-state index contributed by atoms with van der Waals surface area (Å²) in [6.45, 7) is 8.55. The third-order valence-corrected chi connectivity index (χ3v) is 10.4. The number of pyridine rings is 1. The van der Waals surface area contributed by atoms with Crippen LogP contribution in [0.3, 0.4) is 0 Å². The molecule has 0 saturated heterocycles. The SMILES string of the molecule is CC.CCOP(OCC)[C@H]1CCC2(C1)N(C)C(=O)c1c(OCc3ccccc3)c(=O)c(C(=O)NCc3ccc(F)cc3F)cn1N2C. The van der Waals surface area contributed by atoms with Gasteiger partial charge >= 0.3 is 0 Å². The van der Waals surface area contributed by atoms with Crippen LogP contribution in [0.15, 0.2) is 59.5 Å². The van der Waals surface area contributed by atoms with Gasteiger partial charge in [-0.1, -0.05) is 50.2 Å². The van der Waals surface area contributed by atoms with Crippen LogP contribution in [0.4, 0.5) is 8.78 Å². The molecule has 2 amide bonds. The molecule has 1 saturated carbocycles. The summed E-state index contributed by atoms with van der Waals surface area (Å²) in [5.41, 5.74) is -0.995. The van der Waals surface area contributed by atoms with Gasteiger partial charge in [-0.15, -0.1) is 0 Å². The molecular weight excluding hydrogens is 629 g/mol. The molecule has 0 bridgehead atoms. The minimum atomic E-state index is -1.19. The minimum absolute atomic E-state index is 0.00647. The number of halogens is 2. The monoisotopic (exact) mass is 672 g/mol. The number of hydrogen-bond acceptors (Lipinski definition) is 7. The Morgan fingerprint density at radius 3 is 2.36 bits per heavy atom. The quantitative estimate of drug-likeness (QED) is 0.251. The number of hydrogen-bond donors (Lipinski definition) is 1. The van der Waals surface area contributed by atoms with Crippen molar-refractivity contribution in [3.05, 3.63) is 99.0 Å². The van der Waals surface area contributed by atoms with Crippen molar-refractivity contribution in [3.8, 4) is 5.75 Å². The number of aromatic nitrogens is 1. The highest BCUT2D eigenvalue weighted by molar-refractivity contribution is 7.48. The zero-order chi connectivity index (χ0) is 34.3. The molecule has 1 N–H and O–H groups in total. The maximum atomic E-state index is 14.3. The van der Waals surface area contributed by atoms with Gasteiger partial charge in [-0.25, -0.2) is 8.78 Å². The Morgan fingerprint density at radius 2 is 1.72 bits per heavy atom. The summed E-state index contributed by atoms with van der Waals surface area (Å²) in [7, 11) is 2.32. The van der Waals surface area contributed by atoms with E-state index in [1.54, 1.807) is 19.0 Å². The van der Waals surface area contributed by atoms with E-state index < -0.39 is 42.9 Å². The van der Waals surface area contributed by atoms with Crippen molar-refractivity contribution in [1.29, 1.82) is 0 Å². The van der Waals surface area contributed by atoms with Gasteiger partial charge in [0.25, 0.3) is 11.8 Å². The zero-order valence-corrected chi connectivity index (χ0v) is 28.6. The Balaban J connectivity index is 0.00000245. The molecule has 2 atom stereocenters. The van der Waals surface area contributed by atoms with Crippen LogP contribution in [0.1, 0.15) is 78.9 Å². The van der Waals surface area contributed by atoms with E-state index in [1.807, 2.05) is 63.0 Å². The predicted octanol–water partition coefficient (Wildman–Crippen LogP) is 5.95. The number of fused-ring (bicyclic) bond motifs is 1. The molecule has 2 aromatic carbocycles. The van der Waals surface area contributed by atoms with E-state index in [9.17, 15) is 23.2 Å². The van der Waals surface area contributed by atoms with Gasteiger partial charge < -0.3 is 24.0 Å². The van der Waals surface area contributed by atoms with Crippen molar-refractivity contribution in [2.24, 2.45) is 0 Å². The second-order valence-electron chi connectivity index (χ2n) is 11.0. The molecule has 1 aliphatic heterocycles. The molecule has 1 aliphatic carbocycles. The maximum absolute atomic E-state index is 14.3. The van der Waals surface area contributed by atoms with Crippen LogP contribution in [0.25, 0.3) is 0 Å². The van der Waals surface area contributed by atoms with E-state index in [0.29, 0.717) is 26.1 Å². The number of benzene rings is 2. The second kappa shape index (κ2) is 15.8. The standard InChI is InChI=1S/C32H37F2N4O6P.C2H6/c1-5-43-45(44-6-2)24-14-15-32(17-24)36(3)31(41)27-29(42-20-21-10-8-7-9-11-21)28(39)25(19-38(27)37(32)4)30(40)35-18-22-12-13-23(33)16-26(22)34;1-2/h7-13,16,19,24H,5-6,14-15,17-18,20H2,1-4H3,(H,35,40);1-2H3/t24-,32?;/m0./s1. The first-order chi connectivity index (χ1) is 22.6. The number of nitrogens with zero attached hydrogens (tertiary/aromatic N) is 3. The lowest BCUT2D eigenvalue weighted by Gasteiger charge is -2.51. The van der Waals surface area contributed by atoms with Crippen LogP contribution in [-0.4, -0.2) is 60.0 Å². The Labute approximate surface area is 275 Å². The third-order valence-electron chi connectivity index (χ3n) is 8.38. The molecule has 1 fully saturated rings. The Hall–Kier alpha value is -3.86. The summed E-state index contributed by atoms with van der Waals surface area (Å²) in [6.07, 6.45) is 3.23. The molecule has 0 radical (unpaired) electrons. The van der Waals surface area contributed by atoms with Crippen molar-refractivity contribution in [1.82, 2.24) is 14.9 Å². The molecule has 47 heavy (non-hydrogen) atoms. The number of carbonyl (C=O) groups excluding carboxylic acids is 2. The average Bonchev–Trinajstić information content (AvgIpc) is 3.53. The molecule has 2 aliphatic rings. The van der Waals surface area contributed by atoms with Gasteiger partial charge in [-0.05, 0) is 38.3 Å². The maximum Gasteiger partial charge on any atom is 0.278 e. The van der Waals surface area contributed by atoms with E-state index in [1.165, 1.54) is 16.9 Å². The number of ether oxygens (including phenoxy) is 1. The summed E-state index contributed by atoms with van der Waals surface area (Å²) in [6, 6.07) is 12.2. The fourth-order valence-electron chi connectivity index (χ4n) is 6.00. The minimum Gasteiger partial charge on any atom is -0.482 e. The molecule has 2 heterocycles. The lowest BCUT2D eigenvalue weighted by Crippen LogP contribution is -2.67. The van der Waals surface area contributed by atoms with Crippen molar-refractivity contribution < 1.29 is 32.2 Å². The van der Waals surface area contributed by atoms with E-state index in [-0.39, 0.29) is 41.4 Å². The van der Waals surface area contributed by atoms with Crippen molar-refractivity contribution >= 4 is 20.2 Å². The van der Waals surface area contributed by atoms with Crippen LogP contribution in [-0.2, 0) is 22.2 Å². The fourth-order valence-corrected chi connectivity index (χ4v) is 7.78. The van der Waals surface area contributed by atoms with Gasteiger partial charge in [0.1, 0.15) is 29.5 Å². The molecule has 10 nitrogen and oxygen atoms in total. The number of amides is 2. The molecule has 1 aromatic heterocycles. The fraction of sp³-hybridized carbons (Fsp3) is 0.441. The molecule has 5 rings (SSSR count). The van der Waals surface area contributed by atoms with Gasteiger partial charge in [0.05, 0.1) is 13.2 Å². The van der Waals surface area contributed by atoms with Crippen LogP contribution in [0, 0.1) is 11.6 Å². The van der Waals surface area contributed by atoms with E-state index in [4.69, 9.17) is 13.8 Å². The lowest BCUT2D eigenvalue weighted by molar-refractivity contribution is 0.0399. The normalized spacial score (nSPS) is 18.7. The highest BCUT2D eigenvalue weighted by atomic mass is 31.2. The van der Waals surface area contributed by atoms with Crippen molar-refractivity contribution in [2.75, 3.05) is 32.3 Å². The predicted molar refractivity (Wildman–Crippen MR) is 177 cm³/mol. The van der Waals surface area contributed by atoms with Crippen molar-refractivity contribution in [3.63, 3.8) is 0 Å². The topological polar surface area (TPSA) is 102 Å². The highest BCUT2D eigenvalue weighted by Gasteiger charge is 2.54. The molecule has 3 aromatic rings. The first-order valence-electron chi connectivity index (χ1n) is 15.9. The van der Waals surface area contributed by atoms with E-state index in [2.05, 4.69) is 5.32 Å². The van der Waals surface area contributed by atoms with Crippen LogP contribution in [0.5, 0.6) is 5.75 Å². The summed E-state index contributed by atoms with van der Waals surface area (Å²) >= 11 is 0. The molecule has 1 unspecified atom stereocenters. The summed E-state index contributed by atoms with van der Waals surface area (Å²) in [5, 5.41) is 4.42. The van der Waals surface area contributed by atoms with Gasteiger partial charge in [0.2, 0.25) is 5.43 Å². The Bertz CT molecular complexity index is 1620. The number of carbonyl (C=O) groups is 2. The largest absolute Gasteiger partial charge is 0.482 e. The molecule has 254 valence electrons. The number of rotatable bonds is 11. The van der Waals surface area contributed by atoms with Crippen LogP contribution in [0.2, 0.25) is 0 Å². The Morgan fingerprint density at radius 1 is 1.04 bits per heavy atom. The van der Waals surface area contributed by atoms with Gasteiger partial charge in [-0.3, -0.25) is 24.1 Å². The summed E-state index contributed by atoms with van der Waals surface area (Å²) in [5.74, 6) is -3.05. The second-order valence-corrected chi connectivity index (χ2v) is 12.8. The van der Waals surface area contributed by atoms with E-state index in [0.717, 1.165) is 24.1 Å². The van der Waals surface area contributed by atoms with Crippen molar-refractivity contribution in [2.45, 2.75) is 71.4 Å². The summed E-state index contributed by atoms with van der Waals surface area (Å²) in [4.78, 5) is 43.1.